The van der Waals surface area contributed by atoms with Crippen LogP contribution in [0.5, 0.6) is 5.75 Å². The summed E-state index contributed by atoms with van der Waals surface area (Å²) in [5.74, 6) is 0.174. The number of phenols is 1. The van der Waals surface area contributed by atoms with E-state index < -0.39 is 0 Å². The minimum atomic E-state index is -0.172. The smallest absolute Gasteiger partial charge is 0.146 e. The molecule has 0 aliphatic carbocycles. The van der Waals surface area contributed by atoms with Gasteiger partial charge in [0.2, 0.25) is 0 Å². The van der Waals surface area contributed by atoms with Gasteiger partial charge in [-0.2, -0.15) is 0 Å². The monoisotopic (exact) mass is 357 g/mol. The number of benzene rings is 2. The van der Waals surface area contributed by atoms with Crippen LogP contribution in [0.2, 0.25) is 0 Å². The zero-order valence-corrected chi connectivity index (χ0v) is 16.6. The Morgan fingerprint density at radius 3 is 2.24 bits per heavy atom. The molecule has 3 N–H and O–H groups in total. The van der Waals surface area contributed by atoms with E-state index in [-0.39, 0.29) is 11.2 Å². The highest BCUT2D eigenvalue weighted by Gasteiger charge is 2.20. The van der Waals surface area contributed by atoms with Crippen molar-refractivity contribution in [2.75, 3.05) is 5.73 Å². The van der Waals surface area contributed by atoms with Crippen LogP contribution in [-0.4, -0.2) is 10.4 Å². The van der Waals surface area contributed by atoms with Crippen LogP contribution in [0.25, 0.3) is 0 Å². The predicted octanol–water partition coefficient (Wildman–Crippen LogP) is 6.50. The van der Waals surface area contributed by atoms with Gasteiger partial charge in [0.15, 0.2) is 0 Å². The summed E-state index contributed by atoms with van der Waals surface area (Å²) in [6.45, 7) is 12.5. The minimum Gasteiger partial charge on any atom is -0.505 e. The summed E-state index contributed by atoms with van der Waals surface area (Å²) in [5.41, 5.74) is 9.47. The first-order valence-electron chi connectivity index (χ1n) is 8.40. The first-order valence-corrected chi connectivity index (χ1v) is 9.28. The Hall–Kier alpha value is -2.01. The van der Waals surface area contributed by atoms with Crippen molar-refractivity contribution in [3.8, 4) is 5.75 Å². The summed E-state index contributed by atoms with van der Waals surface area (Å²) in [7, 11) is 0. The fourth-order valence-corrected chi connectivity index (χ4v) is 3.37. The van der Waals surface area contributed by atoms with Gasteiger partial charge >= 0.3 is 0 Å². The highest BCUT2D eigenvalue weighted by molar-refractivity contribution is 7.99. The number of thioether (sulfide) groups is 1. The normalized spacial score (nSPS) is 12.3. The van der Waals surface area contributed by atoms with E-state index >= 15 is 0 Å². The third kappa shape index (κ3) is 4.98. The van der Waals surface area contributed by atoms with Gasteiger partial charge in [0.25, 0.3) is 0 Å². The Labute approximate surface area is 154 Å². The number of nitrogens with two attached hydrogens (primary N) is 1. The van der Waals surface area contributed by atoms with Crippen LogP contribution in [0.3, 0.4) is 0 Å². The van der Waals surface area contributed by atoms with E-state index in [0.29, 0.717) is 22.3 Å². The molecule has 4 nitrogen and oxygen atoms in total. The summed E-state index contributed by atoms with van der Waals surface area (Å²) in [6, 6.07) is 9.58. The van der Waals surface area contributed by atoms with Gasteiger partial charge in [-0.1, -0.05) is 40.7 Å². The quantitative estimate of drug-likeness (QED) is 0.373. The summed E-state index contributed by atoms with van der Waals surface area (Å²) >= 11 is 1.75. The molecule has 0 unspecified atom stereocenters. The number of azo groups is 1. The molecule has 0 aliphatic heterocycles. The molecule has 0 bridgehead atoms. The SMILES string of the molecule is Cc1cc(N=Nc2ccc(SC(C)C)cc2N)c(O)c(C(C)(C)C)c1. The zero-order valence-electron chi connectivity index (χ0n) is 15.8. The number of aryl methyl sites for hydroxylation is 1. The molecule has 2 aromatic carbocycles. The van der Waals surface area contributed by atoms with Crippen molar-refractivity contribution >= 4 is 28.8 Å². The maximum Gasteiger partial charge on any atom is 0.146 e. The lowest BCUT2D eigenvalue weighted by Crippen LogP contribution is -2.11. The number of hydrogen-bond acceptors (Lipinski definition) is 5. The first kappa shape index (κ1) is 19.3. The summed E-state index contributed by atoms with van der Waals surface area (Å²) < 4.78 is 0. The molecule has 0 fully saturated rings. The first-order chi connectivity index (χ1) is 11.6. The van der Waals surface area contributed by atoms with Gasteiger partial charge in [0, 0.05) is 15.7 Å². The molecule has 5 heteroatoms. The van der Waals surface area contributed by atoms with Gasteiger partial charge in [-0.25, -0.2) is 0 Å². The number of nitrogens with zero attached hydrogens (tertiary/aromatic N) is 2. The maximum absolute atomic E-state index is 10.6. The van der Waals surface area contributed by atoms with Crippen molar-refractivity contribution in [1.29, 1.82) is 0 Å². The molecule has 2 aromatic rings. The van der Waals surface area contributed by atoms with Crippen molar-refractivity contribution in [2.45, 2.75) is 57.1 Å². The van der Waals surface area contributed by atoms with E-state index in [2.05, 4.69) is 44.8 Å². The van der Waals surface area contributed by atoms with Gasteiger partial charge in [0.1, 0.15) is 17.1 Å². The second kappa shape index (κ2) is 7.48. The molecule has 0 spiro atoms. The summed E-state index contributed by atoms with van der Waals surface area (Å²) in [4.78, 5) is 1.11. The number of anilines is 1. The molecule has 2 rings (SSSR count). The number of nitrogen functional groups attached to an aromatic ring is 1. The topological polar surface area (TPSA) is 71.0 Å². The predicted molar refractivity (Wildman–Crippen MR) is 108 cm³/mol. The number of phenolic OH excluding ortho intramolecular Hbond substituents is 1. The van der Waals surface area contributed by atoms with Gasteiger partial charge in [-0.15, -0.1) is 22.0 Å². The summed E-state index contributed by atoms with van der Waals surface area (Å²) in [6.07, 6.45) is 0. The lowest BCUT2D eigenvalue weighted by molar-refractivity contribution is 0.447. The minimum absolute atomic E-state index is 0.172. The van der Waals surface area contributed by atoms with E-state index in [0.717, 1.165) is 16.0 Å². The number of aromatic hydroxyl groups is 1. The Balaban J connectivity index is 2.35. The van der Waals surface area contributed by atoms with Crippen molar-refractivity contribution in [1.82, 2.24) is 0 Å². The fourth-order valence-electron chi connectivity index (χ4n) is 2.48. The second-order valence-electron chi connectivity index (χ2n) is 7.52. The largest absolute Gasteiger partial charge is 0.505 e. The highest BCUT2D eigenvalue weighted by Crippen LogP contribution is 2.40. The van der Waals surface area contributed by atoms with Crippen molar-refractivity contribution in [2.24, 2.45) is 10.2 Å². The molecule has 0 saturated carbocycles. The average Bonchev–Trinajstić information content (AvgIpc) is 2.47. The van der Waals surface area contributed by atoms with Crippen molar-refractivity contribution < 1.29 is 5.11 Å². The van der Waals surface area contributed by atoms with Gasteiger partial charge < -0.3 is 10.8 Å². The van der Waals surface area contributed by atoms with E-state index in [1.54, 1.807) is 11.8 Å². The second-order valence-corrected chi connectivity index (χ2v) is 9.17. The van der Waals surface area contributed by atoms with Crippen molar-refractivity contribution in [3.63, 3.8) is 0 Å². The van der Waals surface area contributed by atoms with Gasteiger partial charge in [-0.05, 0) is 42.2 Å². The van der Waals surface area contributed by atoms with Gasteiger partial charge in [0.05, 0.1) is 5.69 Å². The Kier molecular flexibility index (Phi) is 5.78. The molecular weight excluding hydrogens is 330 g/mol. The highest BCUT2D eigenvalue weighted by atomic mass is 32.2. The average molecular weight is 358 g/mol. The van der Waals surface area contributed by atoms with E-state index in [1.165, 1.54) is 0 Å². The van der Waals surface area contributed by atoms with E-state index in [9.17, 15) is 5.11 Å². The van der Waals surface area contributed by atoms with Crippen LogP contribution >= 0.6 is 11.8 Å². The molecule has 0 radical (unpaired) electrons. The summed E-state index contributed by atoms with van der Waals surface area (Å²) in [5, 5.41) is 19.5. The Bertz CT molecular complexity index is 792. The van der Waals surface area contributed by atoms with Crippen LogP contribution in [0.1, 0.15) is 45.7 Å². The molecule has 25 heavy (non-hydrogen) atoms. The number of hydrogen-bond donors (Lipinski definition) is 2. The molecule has 0 atom stereocenters. The van der Waals surface area contributed by atoms with Crippen LogP contribution in [0, 0.1) is 6.92 Å². The lowest BCUT2D eigenvalue weighted by atomic mass is 9.85. The molecule has 0 heterocycles. The third-order valence-corrected chi connectivity index (χ3v) is 4.68. The molecule has 0 aliphatic rings. The van der Waals surface area contributed by atoms with Crippen LogP contribution in [-0.2, 0) is 5.41 Å². The zero-order chi connectivity index (χ0) is 18.8. The fraction of sp³-hybridized carbons (Fsp3) is 0.400. The maximum atomic E-state index is 10.6. The van der Waals surface area contributed by atoms with Crippen LogP contribution < -0.4 is 5.73 Å². The molecular formula is C20H27N3OS. The molecule has 0 amide bonds. The Morgan fingerprint density at radius 2 is 1.68 bits per heavy atom. The third-order valence-electron chi connectivity index (χ3n) is 3.68. The van der Waals surface area contributed by atoms with Crippen LogP contribution in [0.4, 0.5) is 17.1 Å². The molecule has 134 valence electrons. The molecule has 0 aromatic heterocycles. The van der Waals surface area contributed by atoms with E-state index in [1.807, 2.05) is 37.3 Å². The van der Waals surface area contributed by atoms with Crippen molar-refractivity contribution in [3.05, 3.63) is 41.5 Å². The Morgan fingerprint density at radius 1 is 1.04 bits per heavy atom. The number of rotatable bonds is 4. The van der Waals surface area contributed by atoms with E-state index in [4.69, 9.17) is 5.73 Å². The van der Waals surface area contributed by atoms with Gasteiger partial charge in [-0.3, -0.25) is 0 Å². The molecule has 0 saturated heterocycles. The van der Waals surface area contributed by atoms with Crippen LogP contribution in [0.15, 0.2) is 45.5 Å². The standard InChI is InChI=1S/C20H27N3OS/c1-12(2)25-14-7-8-17(16(21)11-14)22-23-18-10-13(3)9-15(19(18)24)20(4,5)6/h7-12,24H,21H2,1-6H3. The lowest BCUT2D eigenvalue weighted by Gasteiger charge is -2.21.